The van der Waals surface area contributed by atoms with Crippen molar-refractivity contribution in [2.24, 2.45) is 0 Å². The zero-order chi connectivity index (χ0) is 32.6. The minimum Gasteiger partial charge on any atom is -0.352 e. The Morgan fingerprint density at radius 3 is 2.09 bits per heavy atom. The number of carbonyl (C=O) groups excluding carboxylic acids is 2. The molecule has 0 heterocycles. The summed E-state index contributed by atoms with van der Waals surface area (Å²) in [6, 6.07) is 27.3. The normalized spacial score (nSPS) is 12.0. The Morgan fingerprint density at radius 2 is 1.49 bits per heavy atom. The number of nitrogens with zero attached hydrogens (tertiary/aromatic N) is 2. The molecule has 0 saturated carbocycles. The second kappa shape index (κ2) is 15.2. The zero-order valence-electron chi connectivity index (χ0n) is 25.8. The number of thioether (sulfide) groups is 1. The lowest BCUT2D eigenvalue weighted by atomic mass is 10.0. The lowest BCUT2D eigenvalue weighted by Gasteiger charge is -2.34. The van der Waals surface area contributed by atoms with Gasteiger partial charge in [-0.3, -0.25) is 13.9 Å². The number of halogens is 1. The monoisotopic (exact) mass is 647 g/mol. The topological polar surface area (TPSA) is 86.8 Å². The number of nitrogens with one attached hydrogen (secondary N) is 1. The van der Waals surface area contributed by atoms with E-state index in [4.69, 9.17) is 0 Å². The van der Waals surface area contributed by atoms with Crippen molar-refractivity contribution in [2.45, 2.75) is 55.6 Å². The number of sulfonamides is 1. The fourth-order valence-corrected chi connectivity index (χ4v) is 6.68. The number of anilines is 1. The van der Waals surface area contributed by atoms with Crippen LogP contribution in [0.15, 0.2) is 113 Å². The fourth-order valence-electron chi connectivity index (χ4n) is 4.86. The summed E-state index contributed by atoms with van der Waals surface area (Å²) in [7, 11) is -4.22. The Kier molecular flexibility index (Phi) is 11.4. The molecule has 0 bridgehead atoms. The first kappa shape index (κ1) is 33.7. The molecule has 2 amide bonds. The van der Waals surface area contributed by atoms with Gasteiger partial charge in [-0.05, 0) is 75.1 Å². The van der Waals surface area contributed by atoms with E-state index in [2.05, 4.69) is 5.32 Å². The van der Waals surface area contributed by atoms with E-state index in [0.717, 1.165) is 20.3 Å². The molecule has 45 heavy (non-hydrogen) atoms. The molecule has 4 rings (SSSR count). The Bertz CT molecular complexity index is 1700. The Labute approximate surface area is 269 Å². The van der Waals surface area contributed by atoms with Crippen molar-refractivity contribution >= 4 is 39.3 Å². The minimum absolute atomic E-state index is 0.0210. The Morgan fingerprint density at radius 1 is 0.867 bits per heavy atom. The second-order valence-corrected chi connectivity index (χ2v) is 13.7. The maximum atomic E-state index is 15.0. The number of rotatable bonds is 13. The highest BCUT2D eigenvalue weighted by Crippen LogP contribution is 2.27. The maximum Gasteiger partial charge on any atom is 0.264 e. The van der Waals surface area contributed by atoms with Crippen molar-refractivity contribution in [3.63, 3.8) is 0 Å². The van der Waals surface area contributed by atoms with Gasteiger partial charge in [0.15, 0.2) is 0 Å². The van der Waals surface area contributed by atoms with E-state index in [9.17, 15) is 18.0 Å². The Hall–Kier alpha value is -4.15. The molecule has 0 saturated heterocycles. The maximum absolute atomic E-state index is 15.0. The van der Waals surface area contributed by atoms with E-state index in [1.807, 2.05) is 57.4 Å². The number of amides is 2. The molecule has 4 aromatic carbocycles. The van der Waals surface area contributed by atoms with Gasteiger partial charge in [0.1, 0.15) is 18.4 Å². The molecular weight excluding hydrogens is 610 g/mol. The molecule has 0 aliphatic rings. The molecular formula is C35H38FN3O4S2. The van der Waals surface area contributed by atoms with Gasteiger partial charge in [0.05, 0.1) is 10.6 Å². The first-order chi connectivity index (χ1) is 21.5. The van der Waals surface area contributed by atoms with E-state index < -0.39 is 40.2 Å². The van der Waals surface area contributed by atoms with E-state index in [1.165, 1.54) is 34.9 Å². The van der Waals surface area contributed by atoms with Crippen LogP contribution in [0.5, 0.6) is 0 Å². The highest BCUT2D eigenvalue weighted by molar-refractivity contribution is 7.98. The molecule has 0 aliphatic heterocycles. The van der Waals surface area contributed by atoms with Gasteiger partial charge in [-0.15, -0.1) is 11.8 Å². The molecule has 0 aliphatic carbocycles. The van der Waals surface area contributed by atoms with Gasteiger partial charge >= 0.3 is 0 Å². The van der Waals surface area contributed by atoms with Crippen LogP contribution < -0.4 is 9.62 Å². The summed E-state index contributed by atoms with van der Waals surface area (Å²) < 4.78 is 44.3. The number of benzene rings is 4. The van der Waals surface area contributed by atoms with Crippen LogP contribution in [-0.4, -0.2) is 50.0 Å². The van der Waals surface area contributed by atoms with Gasteiger partial charge in [-0.2, -0.15) is 0 Å². The first-order valence-electron chi connectivity index (χ1n) is 14.6. The van der Waals surface area contributed by atoms with Crippen LogP contribution in [0.2, 0.25) is 0 Å². The van der Waals surface area contributed by atoms with Gasteiger partial charge in [-0.25, -0.2) is 12.8 Å². The van der Waals surface area contributed by atoms with Crippen LogP contribution >= 0.6 is 11.8 Å². The summed E-state index contributed by atoms with van der Waals surface area (Å²) in [5.74, 6) is -1.60. The predicted octanol–water partition coefficient (Wildman–Crippen LogP) is 6.22. The molecule has 0 aromatic heterocycles. The number of hydrogen-bond acceptors (Lipinski definition) is 5. The van der Waals surface area contributed by atoms with Crippen molar-refractivity contribution in [3.05, 3.63) is 126 Å². The van der Waals surface area contributed by atoms with Crippen LogP contribution in [0.3, 0.4) is 0 Å². The average Bonchev–Trinajstić information content (AvgIpc) is 3.03. The molecule has 4 aromatic rings. The Balaban J connectivity index is 1.81. The fraction of sp³-hybridized carbons (Fsp3) is 0.257. The quantitative estimate of drug-likeness (QED) is 0.174. The lowest BCUT2D eigenvalue weighted by Crippen LogP contribution is -2.54. The van der Waals surface area contributed by atoms with Crippen molar-refractivity contribution in [1.82, 2.24) is 10.2 Å². The first-order valence-corrected chi connectivity index (χ1v) is 17.3. The van der Waals surface area contributed by atoms with Gasteiger partial charge in [0, 0.05) is 29.5 Å². The van der Waals surface area contributed by atoms with Crippen LogP contribution in [0, 0.1) is 12.7 Å². The van der Waals surface area contributed by atoms with Gasteiger partial charge in [-0.1, -0.05) is 66.2 Å². The molecule has 0 unspecified atom stereocenters. The largest absolute Gasteiger partial charge is 0.352 e. The summed E-state index contributed by atoms with van der Waals surface area (Å²) in [6.07, 6.45) is 2.04. The summed E-state index contributed by atoms with van der Waals surface area (Å²) in [5, 5.41) is 2.90. The van der Waals surface area contributed by atoms with E-state index in [1.54, 1.807) is 54.6 Å². The standard InChI is InChI=1S/C35H38FN3O4S2/c1-25(2)37-35(41)33(22-27-10-6-5-7-11-27)38(23-28-12-8-9-13-32(28)36)34(40)24-39(29-16-14-26(3)15-17-29)45(42,43)31-20-18-30(44-4)19-21-31/h5-21,25,33H,22-24H2,1-4H3,(H,37,41)/t33-/m0/s1. The number of carbonyl (C=O) groups is 2. The third kappa shape index (κ3) is 8.73. The van der Waals surface area contributed by atoms with Crippen LogP contribution in [0.25, 0.3) is 0 Å². The molecule has 236 valence electrons. The van der Waals surface area contributed by atoms with E-state index in [-0.39, 0.29) is 29.5 Å². The highest BCUT2D eigenvalue weighted by Gasteiger charge is 2.35. The third-order valence-corrected chi connectivity index (χ3v) is 9.78. The van der Waals surface area contributed by atoms with Gasteiger partial charge < -0.3 is 10.2 Å². The molecule has 7 nitrogen and oxygen atoms in total. The molecule has 0 fully saturated rings. The average molecular weight is 648 g/mol. The third-order valence-electron chi connectivity index (χ3n) is 7.25. The van der Waals surface area contributed by atoms with E-state index in [0.29, 0.717) is 5.69 Å². The predicted molar refractivity (Wildman–Crippen MR) is 178 cm³/mol. The molecule has 0 radical (unpaired) electrons. The van der Waals surface area contributed by atoms with Crippen LogP contribution in [0.4, 0.5) is 10.1 Å². The number of hydrogen-bond donors (Lipinski definition) is 1. The molecule has 1 atom stereocenters. The smallest absolute Gasteiger partial charge is 0.264 e. The summed E-state index contributed by atoms with van der Waals surface area (Å²) >= 11 is 1.48. The van der Waals surface area contributed by atoms with Gasteiger partial charge in [0.25, 0.3) is 10.0 Å². The summed E-state index contributed by atoms with van der Waals surface area (Å²) in [5.41, 5.74) is 2.21. The van der Waals surface area contributed by atoms with Crippen LogP contribution in [0.1, 0.15) is 30.5 Å². The van der Waals surface area contributed by atoms with E-state index >= 15 is 4.39 Å². The SMILES string of the molecule is CSc1ccc(S(=O)(=O)N(CC(=O)N(Cc2ccccc2F)[C@@H](Cc2ccccc2)C(=O)NC(C)C)c2ccc(C)cc2)cc1. The molecule has 10 heteroatoms. The molecule has 0 spiro atoms. The van der Waals surface area contributed by atoms with Crippen molar-refractivity contribution in [2.75, 3.05) is 17.1 Å². The zero-order valence-corrected chi connectivity index (χ0v) is 27.4. The lowest BCUT2D eigenvalue weighted by molar-refractivity contribution is -0.140. The molecule has 1 N–H and O–H groups in total. The number of aryl methyl sites for hydroxylation is 1. The summed E-state index contributed by atoms with van der Waals surface area (Å²) in [4.78, 5) is 30.3. The minimum atomic E-state index is -4.22. The van der Waals surface area contributed by atoms with Crippen LogP contribution in [-0.2, 0) is 32.6 Å². The second-order valence-electron chi connectivity index (χ2n) is 11.0. The summed E-state index contributed by atoms with van der Waals surface area (Å²) in [6.45, 7) is 4.67. The van der Waals surface area contributed by atoms with Crippen molar-refractivity contribution in [3.8, 4) is 0 Å². The van der Waals surface area contributed by atoms with Crippen molar-refractivity contribution in [1.29, 1.82) is 0 Å². The highest BCUT2D eigenvalue weighted by atomic mass is 32.2. The van der Waals surface area contributed by atoms with Crippen molar-refractivity contribution < 1.29 is 22.4 Å². The van der Waals surface area contributed by atoms with Gasteiger partial charge in [0.2, 0.25) is 11.8 Å².